The van der Waals surface area contributed by atoms with Gasteiger partial charge in [0.1, 0.15) is 0 Å². The van der Waals surface area contributed by atoms with Gasteiger partial charge in [0, 0.05) is 19.0 Å². The molecule has 1 amide bonds. The van der Waals surface area contributed by atoms with Crippen LogP contribution in [0.5, 0.6) is 0 Å². The first kappa shape index (κ1) is 12.8. The van der Waals surface area contributed by atoms with Gasteiger partial charge in [0.2, 0.25) is 5.91 Å². The molecule has 18 heavy (non-hydrogen) atoms. The van der Waals surface area contributed by atoms with Crippen molar-refractivity contribution in [1.29, 1.82) is 0 Å². The smallest absolute Gasteiger partial charge is 0.228 e. The summed E-state index contributed by atoms with van der Waals surface area (Å²) in [4.78, 5) is 13.8. The van der Waals surface area contributed by atoms with Gasteiger partial charge < -0.3 is 10.2 Å². The Labute approximate surface area is 108 Å². The van der Waals surface area contributed by atoms with Crippen molar-refractivity contribution in [3.05, 3.63) is 12.1 Å². The highest BCUT2D eigenvalue weighted by molar-refractivity contribution is 5.91. The molecule has 0 radical (unpaired) electrons. The molecule has 2 rings (SSSR count). The molecule has 0 atom stereocenters. The zero-order valence-corrected chi connectivity index (χ0v) is 11.0. The van der Waals surface area contributed by atoms with Crippen molar-refractivity contribution in [3.8, 4) is 0 Å². The lowest BCUT2D eigenvalue weighted by molar-refractivity contribution is -0.118. The minimum absolute atomic E-state index is 0.0324. The Morgan fingerprint density at radius 2 is 1.94 bits per heavy atom. The molecule has 1 fully saturated rings. The van der Waals surface area contributed by atoms with E-state index in [1.54, 1.807) is 0 Å². The largest absolute Gasteiger partial charge is 0.355 e. The minimum Gasteiger partial charge on any atom is -0.355 e. The van der Waals surface area contributed by atoms with Crippen molar-refractivity contribution in [2.75, 3.05) is 23.3 Å². The number of nitrogens with one attached hydrogen (secondary N) is 1. The van der Waals surface area contributed by atoms with E-state index in [-0.39, 0.29) is 11.8 Å². The Morgan fingerprint density at radius 3 is 2.50 bits per heavy atom. The molecule has 5 heteroatoms. The Morgan fingerprint density at radius 1 is 1.22 bits per heavy atom. The number of aromatic nitrogens is 2. The van der Waals surface area contributed by atoms with Gasteiger partial charge in [-0.25, -0.2) is 0 Å². The summed E-state index contributed by atoms with van der Waals surface area (Å²) in [6.07, 6.45) is 3.73. The third kappa shape index (κ3) is 3.18. The zero-order valence-electron chi connectivity index (χ0n) is 11.0. The number of hydrogen-bond donors (Lipinski definition) is 1. The Hall–Kier alpha value is -1.65. The fourth-order valence-electron chi connectivity index (χ4n) is 1.95. The minimum atomic E-state index is -0.0476. The summed E-state index contributed by atoms with van der Waals surface area (Å²) in [6.45, 7) is 5.80. The second-order valence-corrected chi connectivity index (χ2v) is 4.97. The van der Waals surface area contributed by atoms with Crippen molar-refractivity contribution in [1.82, 2.24) is 10.2 Å². The maximum atomic E-state index is 11.5. The molecule has 2 heterocycles. The lowest BCUT2D eigenvalue weighted by Crippen LogP contribution is -2.30. The van der Waals surface area contributed by atoms with E-state index in [0.29, 0.717) is 5.82 Å². The van der Waals surface area contributed by atoms with Gasteiger partial charge in [0.25, 0.3) is 0 Å². The van der Waals surface area contributed by atoms with Gasteiger partial charge >= 0.3 is 0 Å². The standard InChI is InChI=1S/C13H20N4O/c1-10(2)13(18)14-11-6-7-12(16-15-11)17-8-4-3-5-9-17/h6-7,10H,3-5,8-9H2,1-2H3,(H,14,15,18). The SMILES string of the molecule is CC(C)C(=O)Nc1ccc(N2CCCCC2)nn1. The van der Waals surface area contributed by atoms with Crippen molar-refractivity contribution in [2.45, 2.75) is 33.1 Å². The Balaban J connectivity index is 1.98. The lowest BCUT2D eigenvalue weighted by Gasteiger charge is -2.27. The van der Waals surface area contributed by atoms with Crippen LogP contribution < -0.4 is 10.2 Å². The Kier molecular flexibility index (Phi) is 4.12. The average Bonchev–Trinajstić information content (AvgIpc) is 2.40. The first-order chi connectivity index (χ1) is 8.66. The molecule has 1 aliphatic rings. The molecule has 1 aliphatic heterocycles. The second-order valence-electron chi connectivity index (χ2n) is 4.97. The molecule has 1 N–H and O–H groups in total. The third-order valence-electron chi connectivity index (χ3n) is 3.11. The van der Waals surface area contributed by atoms with E-state index < -0.39 is 0 Å². The monoisotopic (exact) mass is 248 g/mol. The summed E-state index contributed by atoms with van der Waals surface area (Å²) in [7, 11) is 0. The van der Waals surface area contributed by atoms with Crippen molar-refractivity contribution in [2.24, 2.45) is 5.92 Å². The highest BCUT2D eigenvalue weighted by Crippen LogP contribution is 2.17. The van der Waals surface area contributed by atoms with Crippen molar-refractivity contribution < 1.29 is 4.79 Å². The molecule has 1 saturated heterocycles. The van der Waals surface area contributed by atoms with Crippen LogP contribution in [0.4, 0.5) is 11.6 Å². The number of carbonyl (C=O) groups excluding carboxylic acids is 1. The van der Waals surface area contributed by atoms with E-state index in [1.807, 2.05) is 26.0 Å². The Bertz CT molecular complexity index is 396. The molecule has 0 spiro atoms. The number of piperidine rings is 1. The molecular weight excluding hydrogens is 228 g/mol. The van der Waals surface area contributed by atoms with Crippen molar-refractivity contribution in [3.63, 3.8) is 0 Å². The van der Waals surface area contributed by atoms with Crippen LogP contribution >= 0.6 is 0 Å². The van der Waals surface area contributed by atoms with Crippen LogP contribution in [0, 0.1) is 5.92 Å². The molecule has 98 valence electrons. The third-order valence-corrected chi connectivity index (χ3v) is 3.11. The first-order valence-corrected chi connectivity index (χ1v) is 6.56. The van der Waals surface area contributed by atoms with Crippen LogP contribution in [0.15, 0.2) is 12.1 Å². The highest BCUT2D eigenvalue weighted by atomic mass is 16.1. The molecule has 5 nitrogen and oxygen atoms in total. The van der Waals surface area contributed by atoms with Crippen LogP contribution in [0.2, 0.25) is 0 Å². The molecule has 0 aromatic carbocycles. The zero-order chi connectivity index (χ0) is 13.0. The maximum Gasteiger partial charge on any atom is 0.228 e. The van der Waals surface area contributed by atoms with Crippen LogP contribution in [-0.2, 0) is 4.79 Å². The average molecular weight is 248 g/mol. The van der Waals surface area contributed by atoms with Gasteiger partial charge in [0.05, 0.1) is 0 Å². The van der Waals surface area contributed by atoms with Crippen LogP contribution in [-0.4, -0.2) is 29.2 Å². The number of hydrogen-bond acceptors (Lipinski definition) is 4. The number of nitrogens with zero attached hydrogens (tertiary/aromatic N) is 3. The van der Waals surface area contributed by atoms with E-state index >= 15 is 0 Å². The quantitative estimate of drug-likeness (QED) is 0.889. The number of amides is 1. The topological polar surface area (TPSA) is 58.1 Å². The number of anilines is 2. The molecule has 0 unspecified atom stereocenters. The first-order valence-electron chi connectivity index (χ1n) is 6.56. The lowest BCUT2D eigenvalue weighted by atomic mass is 10.1. The molecule has 1 aromatic heterocycles. The predicted octanol–water partition coefficient (Wildman–Crippen LogP) is 2.06. The number of carbonyl (C=O) groups is 1. The molecule has 1 aromatic rings. The van der Waals surface area contributed by atoms with Gasteiger partial charge in [-0.15, -0.1) is 10.2 Å². The van der Waals surface area contributed by atoms with Crippen LogP contribution in [0.25, 0.3) is 0 Å². The highest BCUT2D eigenvalue weighted by Gasteiger charge is 2.13. The maximum absolute atomic E-state index is 11.5. The molecule has 0 saturated carbocycles. The van der Waals surface area contributed by atoms with Gasteiger partial charge in [-0.3, -0.25) is 4.79 Å². The molecule has 0 bridgehead atoms. The van der Waals surface area contributed by atoms with E-state index in [2.05, 4.69) is 20.4 Å². The van der Waals surface area contributed by atoms with Crippen LogP contribution in [0.3, 0.4) is 0 Å². The van der Waals surface area contributed by atoms with Crippen molar-refractivity contribution >= 4 is 17.5 Å². The van der Waals surface area contributed by atoms with E-state index in [9.17, 15) is 4.79 Å². The summed E-state index contributed by atoms with van der Waals surface area (Å²) in [6, 6.07) is 3.74. The van der Waals surface area contributed by atoms with E-state index in [4.69, 9.17) is 0 Å². The normalized spacial score (nSPS) is 15.8. The summed E-state index contributed by atoms with van der Waals surface area (Å²) in [5, 5.41) is 11.0. The van der Waals surface area contributed by atoms with Gasteiger partial charge in [-0.2, -0.15) is 0 Å². The van der Waals surface area contributed by atoms with E-state index in [1.165, 1.54) is 19.3 Å². The second kappa shape index (κ2) is 5.80. The van der Waals surface area contributed by atoms with Crippen LogP contribution in [0.1, 0.15) is 33.1 Å². The fraction of sp³-hybridized carbons (Fsp3) is 0.615. The van der Waals surface area contributed by atoms with E-state index in [0.717, 1.165) is 18.9 Å². The summed E-state index contributed by atoms with van der Waals surface area (Å²) >= 11 is 0. The van der Waals surface area contributed by atoms with Gasteiger partial charge in [-0.05, 0) is 31.4 Å². The summed E-state index contributed by atoms with van der Waals surface area (Å²) in [5.74, 6) is 1.34. The number of rotatable bonds is 3. The predicted molar refractivity (Wildman–Crippen MR) is 71.6 cm³/mol. The van der Waals surface area contributed by atoms with Gasteiger partial charge in [-0.1, -0.05) is 13.8 Å². The summed E-state index contributed by atoms with van der Waals surface area (Å²) < 4.78 is 0. The fourth-order valence-corrected chi connectivity index (χ4v) is 1.95. The molecule has 0 aliphatic carbocycles. The van der Waals surface area contributed by atoms with Gasteiger partial charge in [0.15, 0.2) is 11.6 Å². The summed E-state index contributed by atoms with van der Waals surface area (Å²) in [5.41, 5.74) is 0. The molecular formula is C13H20N4O.